The second kappa shape index (κ2) is 7.28. The molecule has 1 saturated heterocycles. The van der Waals surface area contributed by atoms with E-state index < -0.39 is 0 Å². The molecule has 1 heterocycles. The highest BCUT2D eigenvalue weighted by Crippen LogP contribution is 2.14. The third-order valence-corrected chi connectivity index (χ3v) is 3.82. The number of hydrogen-bond acceptors (Lipinski definition) is 3. The first-order chi connectivity index (χ1) is 9.29. The number of hydrogen-bond donors (Lipinski definition) is 1. The predicted octanol–water partition coefficient (Wildman–Crippen LogP) is 2.69. The molecule has 0 radical (unpaired) electrons. The van der Waals surface area contributed by atoms with Gasteiger partial charge in [-0.05, 0) is 70.1 Å². The van der Waals surface area contributed by atoms with Gasteiger partial charge >= 0.3 is 0 Å². The SMILES string of the molecule is CC(NCCCN1CCCC1)c1cccc(C#N)c1. The molecule has 1 aliphatic rings. The Labute approximate surface area is 116 Å². The van der Waals surface area contributed by atoms with Crippen LogP contribution >= 0.6 is 0 Å². The van der Waals surface area contributed by atoms with Gasteiger partial charge in [-0.15, -0.1) is 0 Å². The third-order valence-electron chi connectivity index (χ3n) is 3.82. The van der Waals surface area contributed by atoms with E-state index >= 15 is 0 Å². The topological polar surface area (TPSA) is 39.1 Å². The standard InChI is InChI=1S/C16H23N3/c1-14(16-7-4-6-15(12-16)13-17)18-8-5-11-19-9-2-3-10-19/h4,6-7,12,14,18H,2-3,5,8-11H2,1H3. The molecule has 1 aromatic rings. The fourth-order valence-electron chi connectivity index (χ4n) is 2.62. The molecule has 0 saturated carbocycles. The summed E-state index contributed by atoms with van der Waals surface area (Å²) in [6, 6.07) is 10.4. The zero-order valence-electron chi connectivity index (χ0n) is 11.7. The van der Waals surface area contributed by atoms with Gasteiger partial charge in [0.25, 0.3) is 0 Å². The Morgan fingerprint density at radius 2 is 2.16 bits per heavy atom. The molecule has 0 spiro atoms. The summed E-state index contributed by atoms with van der Waals surface area (Å²) < 4.78 is 0. The highest BCUT2D eigenvalue weighted by atomic mass is 15.1. The van der Waals surface area contributed by atoms with Gasteiger partial charge in [0.05, 0.1) is 11.6 Å². The molecule has 1 unspecified atom stereocenters. The summed E-state index contributed by atoms with van der Waals surface area (Å²) in [5, 5.41) is 12.4. The lowest BCUT2D eigenvalue weighted by atomic mass is 10.1. The zero-order chi connectivity index (χ0) is 13.5. The van der Waals surface area contributed by atoms with Gasteiger partial charge in [-0.2, -0.15) is 5.26 Å². The summed E-state index contributed by atoms with van der Waals surface area (Å²) in [5.41, 5.74) is 1.93. The first-order valence-electron chi connectivity index (χ1n) is 7.25. The summed E-state index contributed by atoms with van der Waals surface area (Å²) >= 11 is 0. The van der Waals surface area contributed by atoms with Crippen molar-refractivity contribution in [1.82, 2.24) is 10.2 Å². The molecule has 2 rings (SSSR count). The van der Waals surface area contributed by atoms with Gasteiger partial charge in [0.2, 0.25) is 0 Å². The van der Waals surface area contributed by atoms with E-state index in [9.17, 15) is 0 Å². The van der Waals surface area contributed by atoms with E-state index in [1.165, 1.54) is 44.5 Å². The minimum absolute atomic E-state index is 0.312. The smallest absolute Gasteiger partial charge is 0.0991 e. The van der Waals surface area contributed by atoms with Crippen LogP contribution in [0.3, 0.4) is 0 Å². The molecule has 3 nitrogen and oxygen atoms in total. The molecule has 102 valence electrons. The van der Waals surface area contributed by atoms with E-state index in [0.717, 1.165) is 12.1 Å². The van der Waals surface area contributed by atoms with Crippen molar-refractivity contribution in [3.63, 3.8) is 0 Å². The number of rotatable bonds is 6. The van der Waals surface area contributed by atoms with Crippen molar-refractivity contribution in [1.29, 1.82) is 5.26 Å². The van der Waals surface area contributed by atoms with E-state index in [2.05, 4.69) is 29.3 Å². The van der Waals surface area contributed by atoms with Crippen molar-refractivity contribution < 1.29 is 0 Å². The van der Waals surface area contributed by atoms with Crippen LogP contribution in [-0.4, -0.2) is 31.1 Å². The lowest BCUT2D eigenvalue weighted by molar-refractivity contribution is 0.328. The van der Waals surface area contributed by atoms with E-state index in [1.54, 1.807) is 0 Å². The Morgan fingerprint density at radius 3 is 2.89 bits per heavy atom. The van der Waals surface area contributed by atoms with Crippen LogP contribution in [-0.2, 0) is 0 Å². The Kier molecular flexibility index (Phi) is 5.38. The van der Waals surface area contributed by atoms with Crippen LogP contribution in [0.1, 0.15) is 43.4 Å². The van der Waals surface area contributed by atoms with Gasteiger partial charge in [0.1, 0.15) is 0 Å². The average Bonchev–Trinajstić information content (AvgIpc) is 2.96. The van der Waals surface area contributed by atoms with Crippen LogP contribution in [0.5, 0.6) is 0 Å². The number of nitrogens with one attached hydrogen (secondary N) is 1. The minimum atomic E-state index is 0.312. The molecular formula is C16H23N3. The van der Waals surface area contributed by atoms with Gasteiger partial charge in [-0.3, -0.25) is 0 Å². The molecule has 1 atom stereocenters. The first kappa shape index (κ1) is 14.0. The van der Waals surface area contributed by atoms with Crippen molar-refractivity contribution in [2.24, 2.45) is 0 Å². The maximum atomic E-state index is 8.90. The van der Waals surface area contributed by atoms with E-state index in [4.69, 9.17) is 5.26 Å². The van der Waals surface area contributed by atoms with E-state index in [-0.39, 0.29) is 0 Å². The van der Waals surface area contributed by atoms with Gasteiger partial charge in [-0.25, -0.2) is 0 Å². The number of benzene rings is 1. The van der Waals surface area contributed by atoms with Gasteiger partial charge in [0, 0.05) is 6.04 Å². The second-order valence-electron chi connectivity index (χ2n) is 5.32. The minimum Gasteiger partial charge on any atom is -0.310 e. The fourth-order valence-corrected chi connectivity index (χ4v) is 2.62. The number of nitriles is 1. The molecule has 19 heavy (non-hydrogen) atoms. The van der Waals surface area contributed by atoms with Crippen molar-refractivity contribution in [3.8, 4) is 6.07 Å². The molecular weight excluding hydrogens is 234 g/mol. The monoisotopic (exact) mass is 257 g/mol. The van der Waals surface area contributed by atoms with Crippen LogP contribution in [0, 0.1) is 11.3 Å². The summed E-state index contributed by atoms with van der Waals surface area (Å²) in [6.07, 6.45) is 3.93. The van der Waals surface area contributed by atoms with Crippen molar-refractivity contribution in [2.75, 3.05) is 26.2 Å². The summed E-state index contributed by atoms with van der Waals surface area (Å²) in [5.74, 6) is 0. The molecule has 0 bridgehead atoms. The van der Waals surface area contributed by atoms with Crippen LogP contribution in [0.25, 0.3) is 0 Å². The van der Waals surface area contributed by atoms with Crippen LogP contribution in [0.15, 0.2) is 24.3 Å². The normalized spacial score (nSPS) is 17.3. The largest absolute Gasteiger partial charge is 0.310 e. The Morgan fingerprint density at radius 1 is 1.37 bits per heavy atom. The van der Waals surface area contributed by atoms with Crippen LogP contribution in [0.4, 0.5) is 0 Å². The lowest BCUT2D eigenvalue weighted by Gasteiger charge is -2.17. The molecule has 1 N–H and O–H groups in total. The highest BCUT2D eigenvalue weighted by Gasteiger charge is 2.10. The predicted molar refractivity (Wildman–Crippen MR) is 77.9 cm³/mol. The third kappa shape index (κ3) is 4.34. The molecule has 3 heteroatoms. The van der Waals surface area contributed by atoms with Gasteiger partial charge < -0.3 is 10.2 Å². The molecule has 1 fully saturated rings. The van der Waals surface area contributed by atoms with Crippen LogP contribution in [0.2, 0.25) is 0 Å². The lowest BCUT2D eigenvalue weighted by Crippen LogP contribution is -2.26. The highest BCUT2D eigenvalue weighted by molar-refractivity contribution is 5.33. The van der Waals surface area contributed by atoms with Crippen LogP contribution < -0.4 is 5.32 Å². The maximum Gasteiger partial charge on any atom is 0.0991 e. The van der Waals surface area contributed by atoms with E-state index in [1.807, 2.05) is 18.2 Å². The zero-order valence-corrected chi connectivity index (χ0v) is 11.7. The number of likely N-dealkylation sites (tertiary alicyclic amines) is 1. The quantitative estimate of drug-likeness (QED) is 0.796. The van der Waals surface area contributed by atoms with E-state index in [0.29, 0.717) is 6.04 Å². The first-order valence-corrected chi connectivity index (χ1v) is 7.25. The Bertz CT molecular complexity index is 430. The Balaban J connectivity index is 1.71. The second-order valence-corrected chi connectivity index (χ2v) is 5.32. The maximum absolute atomic E-state index is 8.90. The summed E-state index contributed by atoms with van der Waals surface area (Å²) in [7, 11) is 0. The molecule has 1 aliphatic heterocycles. The summed E-state index contributed by atoms with van der Waals surface area (Å²) in [6.45, 7) is 6.96. The van der Waals surface area contributed by atoms with Gasteiger partial charge in [-0.1, -0.05) is 12.1 Å². The molecule has 0 aliphatic carbocycles. The van der Waals surface area contributed by atoms with Crippen molar-refractivity contribution in [3.05, 3.63) is 35.4 Å². The molecule has 0 aromatic heterocycles. The molecule has 1 aromatic carbocycles. The summed E-state index contributed by atoms with van der Waals surface area (Å²) in [4.78, 5) is 2.54. The Hall–Kier alpha value is -1.37. The fraction of sp³-hybridized carbons (Fsp3) is 0.562. The van der Waals surface area contributed by atoms with Crippen molar-refractivity contribution in [2.45, 2.75) is 32.2 Å². The van der Waals surface area contributed by atoms with Gasteiger partial charge in [0.15, 0.2) is 0 Å². The molecule has 0 amide bonds. The number of nitrogens with zero attached hydrogens (tertiary/aromatic N) is 2. The van der Waals surface area contributed by atoms with Crippen molar-refractivity contribution >= 4 is 0 Å². The average molecular weight is 257 g/mol.